The molecule has 3 N–H and O–H groups in total. The Morgan fingerprint density at radius 3 is 2.33 bits per heavy atom. The van der Waals surface area contributed by atoms with E-state index in [2.05, 4.69) is 5.32 Å². The molecule has 0 aliphatic carbocycles. The highest BCUT2D eigenvalue weighted by Crippen LogP contribution is 2.36. The van der Waals surface area contributed by atoms with E-state index in [1.807, 2.05) is 0 Å². The van der Waals surface area contributed by atoms with Crippen LogP contribution >= 0.6 is 12.4 Å². The van der Waals surface area contributed by atoms with Crippen molar-refractivity contribution in [3.63, 3.8) is 0 Å². The molecule has 0 spiro atoms. The number of carbonyl (C=O) groups excluding carboxylic acids is 1. The van der Waals surface area contributed by atoms with Crippen LogP contribution in [0.25, 0.3) is 0 Å². The second kappa shape index (κ2) is 10.2. The molecule has 0 saturated carbocycles. The predicted molar refractivity (Wildman–Crippen MR) is 100 cm³/mol. The first-order valence-corrected chi connectivity index (χ1v) is 8.25. The number of amides is 1. The van der Waals surface area contributed by atoms with Crippen molar-refractivity contribution >= 4 is 18.3 Å². The van der Waals surface area contributed by atoms with Crippen LogP contribution in [0.3, 0.4) is 0 Å². The van der Waals surface area contributed by atoms with E-state index in [1.54, 1.807) is 31.2 Å². The molecule has 8 heteroatoms. The first kappa shape index (κ1) is 22.8. The molecule has 1 unspecified atom stereocenters. The molecule has 0 aromatic heterocycles. The molecular formula is C19H22ClF3N2O2. The van der Waals surface area contributed by atoms with Gasteiger partial charge in [-0.3, -0.25) is 4.79 Å². The smallest absolute Gasteiger partial charge is 0.419 e. The summed E-state index contributed by atoms with van der Waals surface area (Å²) in [6, 6.07) is 11.8. The largest absolute Gasteiger partial charge is 0.488 e. The fourth-order valence-electron chi connectivity index (χ4n) is 2.35. The van der Waals surface area contributed by atoms with Crippen molar-refractivity contribution in [2.75, 3.05) is 6.54 Å². The molecule has 2 rings (SSSR count). The summed E-state index contributed by atoms with van der Waals surface area (Å²) in [5, 5.41) is 2.69. The van der Waals surface area contributed by atoms with Gasteiger partial charge < -0.3 is 15.8 Å². The van der Waals surface area contributed by atoms with Gasteiger partial charge in [-0.15, -0.1) is 12.4 Å². The molecule has 0 heterocycles. The fourth-order valence-corrected chi connectivity index (χ4v) is 2.35. The van der Waals surface area contributed by atoms with Crippen LogP contribution in [0.2, 0.25) is 0 Å². The van der Waals surface area contributed by atoms with Crippen molar-refractivity contribution in [3.8, 4) is 5.75 Å². The van der Waals surface area contributed by atoms with Crippen molar-refractivity contribution < 1.29 is 22.7 Å². The Morgan fingerprint density at radius 1 is 1.15 bits per heavy atom. The van der Waals surface area contributed by atoms with Gasteiger partial charge in [0.15, 0.2) is 0 Å². The maximum Gasteiger partial charge on any atom is 0.419 e. The zero-order chi connectivity index (χ0) is 19.2. The number of alkyl halides is 3. The van der Waals surface area contributed by atoms with Crippen LogP contribution in [-0.4, -0.2) is 18.6 Å². The van der Waals surface area contributed by atoms with Gasteiger partial charge in [-0.05, 0) is 36.2 Å². The number of halogens is 4. The average Bonchev–Trinajstić information content (AvgIpc) is 2.64. The quantitative estimate of drug-likeness (QED) is 0.730. The van der Waals surface area contributed by atoms with Crippen LogP contribution in [0.15, 0.2) is 48.5 Å². The molecule has 0 saturated heterocycles. The molecule has 0 radical (unpaired) electrons. The van der Waals surface area contributed by atoms with E-state index in [-0.39, 0.29) is 30.6 Å². The number of nitrogens with two attached hydrogens (primary N) is 1. The lowest BCUT2D eigenvalue weighted by molar-refractivity contribution is -0.139. The molecule has 0 bridgehead atoms. The molecule has 1 atom stereocenters. The second-order valence-corrected chi connectivity index (χ2v) is 5.75. The Bertz CT molecular complexity index is 736. The van der Waals surface area contributed by atoms with Crippen molar-refractivity contribution in [3.05, 3.63) is 65.2 Å². The van der Waals surface area contributed by atoms with E-state index < -0.39 is 17.8 Å². The summed E-state index contributed by atoms with van der Waals surface area (Å²) < 4.78 is 44.6. The van der Waals surface area contributed by atoms with Gasteiger partial charge in [0.25, 0.3) is 5.91 Å². The van der Waals surface area contributed by atoms with Crippen molar-refractivity contribution in [2.45, 2.75) is 32.2 Å². The molecule has 0 aliphatic heterocycles. The van der Waals surface area contributed by atoms with Gasteiger partial charge in [0, 0.05) is 12.1 Å². The van der Waals surface area contributed by atoms with Crippen molar-refractivity contribution in [1.82, 2.24) is 5.32 Å². The third kappa shape index (κ3) is 6.45. The third-order valence-electron chi connectivity index (χ3n) is 3.88. The van der Waals surface area contributed by atoms with Crippen molar-refractivity contribution in [2.24, 2.45) is 5.73 Å². The maximum atomic E-state index is 13.0. The number of ether oxygens (including phenoxy) is 1. The Hall–Kier alpha value is -2.25. The van der Waals surface area contributed by atoms with Gasteiger partial charge in [-0.25, -0.2) is 0 Å². The Labute approximate surface area is 162 Å². The van der Waals surface area contributed by atoms with Gasteiger partial charge in [0.1, 0.15) is 11.9 Å². The van der Waals surface area contributed by atoms with E-state index in [4.69, 9.17) is 10.5 Å². The molecule has 148 valence electrons. The van der Waals surface area contributed by atoms with E-state index in [1.165, 1.54) is 18.2 Å². The first-order valence-electron chi connectivity index (χ1n) is 8.25. The lowest BCUT2D eigenvalue weighted by atomic mass is 10.1. The molecule has 4 nitrogen and oxygen atoms in total. The van der Waals surface area contributed by atoms with Gasteiger partial charge in [0.05, 0.1) is 12.1 Å². The number of rotatable bonds is 7. The number of benzene rings is 2. The predicted octanol–water partition coefficient (Wildman–Crippen LogP) is 4.17. The number of hydrogen-bond acceptors (Lipinski definition) is 3. The number of nitrogens with one attached hydrogen (secondary N) is 1. The average molecular weight is 403 g/mol. The summed E-state index contributed by atoms with van der Waals surface area (Å²) in [6.45, 7) is 2.26. The van der Waals surface area contributed by atoms with Crippen LogP contribution in [-0.2, 0) is 12.7 Å². The summed E-state index contributed by atoms with van der Waals surface area (Å²) in [5.41, 5.74) is 6.03. The summed E-state index contributed by atoms with van der Waals surface area (Å²) >= 11 is 0. The highest BCUT2D eigenvalue weighted by atomic mass is 35.5. The van der Waals surface area contributed by atoms with Crippen LogP contribution in [0, 0.1) is 0 Å². The lowest BCUT2D eigenvalue weighted by Gasteiger charge is -2.21. The second-order valence-electron chi connectivity index (χ2n) is 5.75. The number of para-hydroxylation sites is 1. The van der Waals surface area contributed by atoms with E-state index in [0.29, 0.717) is 18.5 Å². The van der Waals surface area contributed by atoms with E-state index in [9.17, 15) is 18.0 Å². The molecule has 2 aromatic carbocycles. The monoisotopic (exact) mass is 402 g/mol. The number of carbonyl (C=O) groups is 1. The minimum absolute atomic E-state index is 0. The molecule has 0 aliphatic rings. The summed E-state index contributed by atoms with van der Waals surface area (Å²) in [5.74, 6) is -0.562. The van der Waals surface area contributed by atoms with Crippen LogP contribution in [0.4, 0.5) is 13.2 Å². The maximum absolute atomic E-state index is 13.0. The molecule has 27 heavy (non-hydrogen) atoms. The minimum Gasteiger partial charge on any atom is -0.488 e. The third-order valence-corrected chi connectivity index (χ3v) is 3.88. The van der Waals surface area contributed by atoms with Gasteiger partial charge >= 0.3 is 6.18 Å². The number of hydrogen-bond donors (Lipinski definition) is 2. The summed E-state index contributed by atoms with van der Waals surface area (Å²) in [7, 11) is 0. The molecule has 2 aromatic rings. The first-order chi connectivity index (χ1) is 12.3. The van der Waals surface area contributed by atoms with Gasteiger partial charge in [-0.1, -0.05) is 31.2 Å². The minimum atomic E-state index is -4.50. The summed E-state index contributed by atoms with van der Waals surface area (Å²) in [4.78, 5) is 12.2. The highest BCUT2D eigenvalue weighted by molar-refractivity contribution is 5.94. The molecular weight excluding hydrogens is 381 g/mol. The van der Waals surface area contributed by atoms with E-state index >= 15 is 0 Å². The zero-order valence-corrected chi connectivity index (χ0v) is 15.6. The SMILES string of the molecule is CCC(CNC(=O)c1ccc(CN)cc1)Oc1ccccc1C(F)(F)F.Cl. The van der Waals surface area contributed by atoms with Crippen LogP contribution in [0.1, 0.15) is 34.8 Å². The highest BCUT2D eigenvalue weighted by Gasteiger charge is 2.34. The Balaban J connectivity index is 0.00000364. The van der Waals surface area contributed by atoms with E-state index in [0.717, 1.165) is 11.6 Å². The zero-order valence-electron chi connectivity index (χ0n) is 14.8. The lowest BCUT2D eigenvalue weighted by Crippen LogP contribution is -2.35. The molecule has 1 amide bonds. The van der Waals surface area contributed by atoms with Crippen LogP contribution < -0.4 is 15.8 Å². The summed E-state index contributed by atoms with van der Waals surface area (Å²) in [6.07, 6.45) is -4.63. The Kier molecular flexibility index (Phi) is 8.59. The van der Waals surface area contributed by atoms with Gasteiger partial charge in [0.2, 0.25) is 0 Å². The molecule has 0 fully saturated rings. The topological polar surface area (TPSA) is 64.4 Å². The van der Waals surface area contributed by atoms with Crippen LogP contribution in [0.5, 0.6) is 5.75 Å². The van der Waals surface area contributed by atoms with Crippen molar-refractivity contribution in [1.29, 1.82) is 0 Å². The normalized spacial score (nSPS) is 12.0. The van der Waals surface area contributed by atoms with Gasteiger partial charge in [-0.2, -0.15) is 13.2 Å². The fraction of sp³-hybridized carbons (Fsp3) is 0.316. The Morgan fingerprint density at radius 2 is 1.78 bits per heavy atom. The standard InChI is InChI=1S/C19H21F3N2O2.ClH/c1-2-15(26-17-6-4-3-5-16(17)19(20,21)22)12-24-18(25)14-9-7-13(11-23)8-10-14;/h3-10,15H,2,11-12,23H2,1H3,(H,24,25);1H.